The van der Waals surface area contributed by atoms with Crippen LogP contribution < -0.4 is 4.74 Å². The fourth-order valence-corrected chi connectivity index (χ4v) is 1.83. The van der Waals surface area contributed by atoms with E-state index in [9.17, 15) is 0 Å². The Balaban J connectivity index is 2.06. The molecule has 0 saturated carbocycles. The van der Waals surface area contributed by atoms with Crippen molar-refractivity contribution in [2.45, 2.75) is 6.92 Å². The predicted octanol–water partition coefficient (Wildman–Crippen LogP) is 3.98. The summed E-state index contributed by atoms with van der Waals surface area (Å²) >= 11 is 5.68. The minimum absolute atomic E-state index is 0.334. The van der Waals surface area contributed by atoms with Crippen molar-refractivity contribution < 1.29 is 9.15 Å². The highest BCUT2D eigenvalue weighted by Gasteiger charge is 2.10. The SMILES string of the molecule is Cc1ccc2occc2c1Oc1ccc(Cl)nn1. The molecular formula is C13H9ClN2O2. The number of nitrogens with zero attached hydrogens (tertiary/aromatic N) is 2. The predicted molar refractivity (Wildman–Crippen MR) is 68.1 cm³/mol. The van der Waals surface area contributed by atoms with Crippen molar-refractivity contribution in [3.05, 3.63) is 47.3 Å². The first-order chi connectivity index (χ1) is 8.74. The van der Waals surface area contributed by atoms with E-state index >= 15 is 0 Å². The molecule has 0 aliphatic rings. The second-order valence-electron chi connectivity index (χ2n) is 3.84. The van der Waals surface area contributed by atoms with Crippen molar-refractivity contribution >= 4 is 22.6 Å². The van der Waals surface area contributed by atoms with Gasteiger partial charge in [-0.05, 0) is 30.7 Å². The van der Waals surface area contributed by atoms with Gasteiger partial charge in [-0.3, -0.25) is 0 Å². The monoisotopic (exact) mass is 260 g/mol. The summed E-state index contributed by atoms with van der Waals surface area (Å²) in [6.45, 7) is 1.96. The zero-order valence-corrected chi connectivity index (χ0v) is 10.3. The molecule has 90 valence electrons. The van der Waals surface area contributed by atoms with E-state index in [4.69, 9.17) is 20.8 Å². The Morgan fingerprint density at radius 1 is 1.11 bits per heavy atom. The molecule has 0 fully saturated rings. The van der Waals surface area contributed by atoms with Crippen molar-refractivity contribution in [2.24, 2.45) is 0 Å². The number of ether oxygens (including phenoxy) is 1. The summed E-state index contributed by atoms with van der Waals surface area (Å²) < 4.78 is 11.1. The fraction of sp³-hybridized carbons (Fsp3) is 0.0769. The topological polar surface area (TPSA) is 48.2 Å². The van der Waals surface area contributed by atoms with Crippen LogP contribution in [0, 0.1) is 6.92 Å². The number of hydrogen-bond donors (Lipinski definition) is 0. The zero-order valence-electron chi connectivity index (χ0n) is 9.55. The summed E-state index contributed by atoms with van der Waals surface area (Å²) in [6.07, 6.45) is 1.63. The summed E-state index contributed by atoms with van der Waals surface area (Å²) in [7, 11) is 0. The number of benzene rings is 1. The largest absolute Gasteiger partial charge is 0.464 e. The molecule has 3 aromatic rings. The number of furan rings is 1. The molecule has 0 atom stereocenters. The van der Waals surface area contributed by atoms with Crippen LogP contribution in [-0.2, 0) is 0 Å². The van der Waals surface area contributed by atoms with Crippen LogP contribution in [0.2, 0.25) is 5.15 Å². The third-order valence-corrected chi connectivity index (χ3v) is 2.80. The van der Waals surface area contributed by atoms with Gasteiger partial charge in [-0.15, -0.1) is 10.2 Å². The van der Waals surface area contributed by atoms with Crippen LogP contribution in [0.5, 0.6) is 11.6 Å². The van der Waals surface area contributed by atoms with Gasteiger partial charge in [-0.25, -0.2) is 0 Å². The molecule has 0 aliphatic heterocycles. The molecule has 0 amide bonds. The van der Waals surface area contributed by atoms with Gasteiger partial charge in [0.15, 0.2) is 5.15 Å². The van der Waals surface area contributed by atoms with Crippen LogP contribution in [0.25, 0.3) is 11.0 Å². The summed E-state index contributed by atoms with van der Waals surface area (Å²) in [4.78, 5) is 0. The van der Waals surface area contributed by atoms with E-state index in [0.717, 1.165) is 22.3 Å². The van der Waals surface area contributed by atoms with E-state index in [1.807, 2.05) is 25.1 Å². The Hall–Kier alpha value is -2.07. The van der Waals surface area contributed by atoms with Crippen LogP contribution in [-0.4, -0.2) is 10.2 Å². The number of aromatic nitrogens is 2. The number of aryl methyl sites for hydroxylation is 1. The normalized spacial score (nSPS) is 10.8. The molecule has 0 bridgehead atoms. The average Bonchev–Trinajstić information content (AvgIpc) is 2.84. The molecule has 5 heteroatoms. The lowest BCUT2D eigenvalue weighted by atomic mass is 10.1. The van der Waals surface area contributed by atoms with Crippen molar-refractivity contribution in [2.75, 3.05) is 0 Å². The number of halogens is 1. The van der Waals surface area contributed by atoms with Crippen molar-refractivity contribution in [1.29, 1.82) is 0 Å². The molecule has 2 aromatic heterocycles. The lowest BCUT2D eigenvalue weighted by Gasteiger charge is -2.08. The molecule has 2 heterocycles. The second kappa shape index (κ2) is 4.31. The van der Waals surface area contributed by atoms with Crippen molar-refractivity contribution in [1.82, 2.24) is 10.2 Å². The highest BCUT2D eigenvalue weighted by atomic mass is 35.5. The minimum Gasteiger partial charge on any atom is -0.464 e. The number of rotatable bonds is 2. The Bertz CT molecular complexity index is 692. The smallest absolute Gasteiger partial charge is 0.238 e. The third kappa shape index (κ3) is 1.91. The maximum Gasteiger partial charge on any atom is 0.238 e. The first kappa shape index (κ1) is 11.0. The van der Waals surface area contributed by atoms with Crippen molar-refractivity contribution in [3.63, 3.8) is 0 Å². The molecule has 4 nitrogen and oxygen atoms in total. The standard InChI is InChI=1S/C13H9ClN2O2/c1-8-2-3-10-9(6-7-17-10)13(8)18-12-5-4-11(14)15-16-12/h2-7H,1H3. The van der Waals surface area contributed by atoms with Gasteiger partial charge in [0.2, 0.25) is 5.88 Å². The highest BCUT2D eigenvalue weighted by molar-refractivity contribution is 6.29. The Kier molecular flexibility index (Phi) is 2.64. The van der Waals surface area contributed by atoms with Crippen LogP contribution in [0.15, 0.2) is 41.0 Å². The molecule has 0 aliphatic carbocycles. The lowest BCUT2D eigenvalue weighted by molar-refractivity contribution is 0.457. The number of fused-ring (bicyclic) bond motifs is 1. The van der Waals surface area contributed by atoms with Crippen LogP contribution in [0.4, 0.5) is 0 Å². The van der Waals surface area contributed by atoms with E-state index in [1.54, 1.807) is 18.4 Å². The van der Waals surface area contributed by atoms with Gasteiger partial charge in [-0.1, -0.05) is 17.7 Å². The molecule has 0 radical (unpaired) electrons. The molecule has 1 aromatic carbocycles. The van der Waals surface area contributed by atoms with Gasteiger partial charge in [0.1, 0.15) is 11.3 Å². The van der Waals surface area contributed by atoms with Gasteiger partial charge in [0, 0.05) is 6.07 Å². The molecule has 0 N–H and O–H groups in total. The minimum atomic E-state index is 0.334. The van der Waals surface area contributed by atoms with E-state index in [0.29, 0.717) is 11.0 Å². The van der Waals surface area contributed by atoms with Crippen LogP contribution in [0.3, 0.4) is 0 Å². The second-order valence-corrected chi connectivity index (χ2v) is 4.23. The van der Waals surface area contributed by atoms with Crippen LogP contribution in [0.1, 0.15) is 5.56 Å². The summed E-state index contributed by atoms with van der Waals surface area (Å²) in [5.41, 5.74) is 1.78. The Morgan fingerprint density at radius 3 is 2.78 bits per heavy atom. The van der Waals surface area contributed by atoms with Gasteiger partial charge >= 0.3 is 0 Å². The maximum absolute atomic E-state index is 5.74. The van der Waals surface area contributed by atoms with E-state index in [1.165, 1.54) is 0 Å². The first-order valence-corrected chi connectivity index (χ1v) is 5.76. The van der Waals surface area contributed by atoms with Gasteiger partial charge in [0.25, 0.3) is 0 Å². The number of hydrogen-bond acceptors (Lipinski definition) is 4. The summed E-state index contributed by atoms with van der Waals surface area (Å²) in [5.74, 6) is 1.12. The van der Waals surface area contributed by atoms with Crippen LogP contribution >= 0.6 is 11.6 Å². The highest BCUT2D eigenvalue weighted by Crippen LogP contribution is 2.33. The van der Waals surface area contributed by atoms with Gasteiger partial charge in [-0.2, -0.15) is 0 Å². The summed E-state index contributed by atoms with van der Waals surface area (Å²) in [5, 5.41) is 8.85. The molecular weight excluding hydrogens is 252 g/mol. The molecule has 0 unspecified atom stereocenters. The summed E-state index contributed by atoms with van der Waals surface area (Å²) in [6, 6.07) is 9.01. The fourth-order valence-electron chi connectivity index (χ4n) is 1.72. The van der Waals surface area contributed by atoms with E-state index in [2.05, 4.69) is 10.2 Å². The Labute approximate surface area is 108 Å². The molecule has 18 heavy (non-hydrogen) atoms. The maximum atomic E-state index is 5.74. The zero-order chi connectivity index (χ0) is 12.5. The quantitative estimate of drug-likeness (QED) is 0.699. The Morgan fingerprint density at radius 2 is 2.00 bits per heavy atom. The molecule has 0 spiro atoms. The van der Waals surface area contributed by atoms with Gasteiger partial charge < -0.3 is 9.15 Å². The molecule has 0 saturated heterocycles. The van der Waals surface area contributed by atoms with Crippen molar-refractivity contribution in [3.8, 4) is 11.6 Å². The first-order valence-electron chi connectivity index (χ1n) is 5.38. The third-order valence-electron chi connectivity index (χ3n) is 2.60. The molecule has 3 rings (SSSR count). The average molecular weight is 261 g/mol. The van der Waals surface area contributed by atoms with E-state index < -0.39 is 0 Å². The lowest BCUT2D eigenvalue weighted by Crippen LogP contribution is -1.92. The van der Waals surface area contributed by atoms with E-state index in [-0.39, 0.29) is 0 Å². The van der Waals surface area contributed by atoms with Gasteiger partial charge in [0.05, 0.1) is 11.6 Å².